The highest BCUT2D eigenvalue weighted by atomic mass is 79.9. The van der Waals surface area contributed by atoms with Crippen molar-refractivity contribution in [2.75, 3.05) is 0 Å². The number of pyridine rings is 2. The van der Waals surface area contributed by atoms with Gasteiger partial charge in [0.15, 0.2) is 0 Å². The SMILES string of the molecule is Brc1cc2[nH]c3cnccc3c2c2ccccc12.OB(O)c1cc2[nH]c3cnccc3c2c2ccccc12. The van der Waals surface area contributed by atoms with Crippen LogP contribution in [-0.4, -0.2) is 37.1 Å². The Kier molecular flexibility index (Phi) is 5.40. The molecule has 0 aliphatic carbocycles. The first kappa shape index (κ1) is 22.9. The first-order valence-electron chi connectivity index (χ1n) is 12.2. The maximum atomic E-state index is 9.59. The third-order valence-corrected chi connectivity index (χ3v) is 7.72. The summed E-state index contributed by atoms with van der Waals surface area (Å²) in [6, 6.07) is 24.2. The number of benzene rings is 4. The third kappa shape index (κ3) is 3.57. The largest absolute Gasteiger partial charge is 0.489 e. The summed E-state index contributed by atoms with van der Waals surface area (Å²) in [5.74, 6) is 0. The fourth-order valence-corrected chi connectivity index (χ4v) is 6.01. The predicted octanol–water partition coefficient (Wildman–Crippen LogP) is 6.18. The van der Waals surface area contributed by atoms with Gasteiger partial charge in [0.1, 0.15) is 0 Å². The molecule has 38 heavy (non-hydrogen) atoms. The van der Waals surface area contributed by atoms with Crippen molar-refractivity contribution in [1.29, 1.82) is 0 Å². The van der Waals surface area contributed by atoms with Gasteiger partial charge in [-0.25, -0.2) is 0 Å². The molecule has 0 fully saturated rings. The zero-order valence-electron chi connectivity index (χ0n) is 20.0. The van der Waals surface area contributed by atoms with Gasteiger partial charge < -0.3 is 20.0 Å². The topological polar surface area (TPSA) is 97.8 Å². The lowest BCUT2D eigenvalue weighted by Gasteiger charge is -2.07. The predicted molar refractivity (Wildman–Crippen MR) is 160 cm³/mol. The molecule has 6 nitrogen and oxygen atoms in total. The highest BCUT2D eigenvalue weighted by Crippen LogP contribution is 2.36. The fourth-order valence-electron chi connectivity index (χ4n) is 5.44. The van der Waals surface area contributed by atoms with Crippen molar-refractivity contribution in [3.63, 3.8) is 0 Å². The Bertz CT molecular complexity index is 2150. The molecule has 8 heteroatoms. The lowest BCUT2D eigenvalue weighted by molar-refractivity contribution is 0.426. The van der Waals surface area contributed by atoms with E-state index < -0.39 is 7.12 Å². The standard InChI is InChI=1S/C15H11BN2O2.C15H9BrN2/c19-16(20)12-7-13-15(10-4-2-1-3-9(10)12)11-5-6-17-8-14(11)18-13;16-12-7-13-15(10-4-2-1-3-9(10)12)11-5-6-17-8-14(11)18-13/h1-8,18-20H;1-8,18H. The molecule has 4 heterocycles. The second kappa shape index (κ2) is 8.95. The van der Waals surface area contributed by atoms with Gasteiger partial charge in [0.2, 0.25) is 0 Å². The van der Waals surface area contributed by atoms with Crippen molar-refractivity contribution in [1.82, 2.24) is 19.9 Å². The molecule has 4 aromatic heterocycles. The number of fused-ring (bicyclic) bond motifs is 10. The Morgan fingerprint density at radius 3 is 1.66 bits per heavy atom. The maximum Gasteiger partial charge on any atom is 0.489 e. The van der Waals surface area contributed by atoms with Crippen LogP contribution in [0.15, 0.2) is 102 Å². The lowest BCUT2D eigenvalue weighted by Crippen LogP contribution is -2.30. The number of aromatic amines is 2. The maximum absolute atomic E-state index is 9.59. The summed E-state index contributed by atoms with van der Waals surface area (Å²) >= 11 is 3.64. The minimum absolute atomic E-state index is 0.507. The van der Waals surface area contributed by atoms with Gasteiger partial charge in [0, 0.05) is 49.4 Å². The van der Waals surface area contributed by atoms with Crippen LogP contribution in [0.2, 0.25) is 0 Å². The minimum Gasteiger partial charge on any atom is -0.423 e. The number of halogens is 1. The highest BCUT2D eigenvalue weighted by Gasteiger charge is 2.18. The van der Waals surface area contributed by atoms with Crippen molar-refractivity contribution in [2.45, 2.75) is 0 Å². The summed E-state index contributed by atoms with van der Waals surface area (Å²) in [5, 5.41) is 28.2. The first-order chi connectivity index (χ1) is 18.6. The molecule has 0 saturated carbocycles. The van der Waals surface area contributed by atoms with Crippen LogP contribution >= 0.6 is 15.9 Å². The van der Waals surface area contributed by atoms with E-state index in [4.69, 9.17) is 0 Å². The zero-order chi connectivity index (χ0) is 25.8. The van der Waals surface area contributed by atoms with Crippen LogP contribution in [-0.2, 0) is 0 Å². The van der Waals surface area contributed by atoms with Crippen LogP contribution in [0.3, 0.4) is 0 Å². The van der Waals surface area contributed by atoms with E-state index in [1.54, 1.807) is 18.5 Å². The number of aromatic nitrogens is 4. The zero-order valence-corrected chi connectivity index (χ0v) is 21.6. The first-order valence-corrected chi connectivity index (χ1v) is 13.0. The second-order valence-electron chi connectivity index (χ2n) is 9.23. The van der Waals surface area contributed by atoms with Crippen molar-refractivity contribution in [3.8, 4) is 0 Å². The summed E-state index contributed by atoms with van der Waals surface area (Å²) in [7, 11) is -1.49. The molecule has 4 N–H and O–H groups in total. The van der Waals surface area contributed by atoms with E-state index in [-0.39, 0.29) is 0 Å². The van der Waals surface area contributed by atoms with E-state index in [1.165, 1.54) is 21.5 Å². The number of nitrogens with one attached hydrogen (secondary N) is 2. The average molecular weight is 559 g/mol. The van der Waals surface area contributed by atoms with Gasteiger partial charge in [0.25, 0.3) is 0 Å². The molecule has 0 bridgehead atoms. The lowest BCUT2D eigenvalue weighted by atomic mass is 9.76. The van der Waals surface area contributed by atoms with Crippen LogP contribution in [0.1, 0.15) is 0 Å². The minimum atomic E-state index is -1.49. The van der Waals surface area contributed by atoms with Crippen molar-refractivity contribution in [3.05, 3.63) is 102 Å². The van der Waals surface area contributed by atoms with Gasteiger partial charge in [-0.2, -0.15) is 0 Å². The molecule has 0 aliphatic rings. The Morgan fingerprint density at radius 2 is 1.08 bits per heavy atom. The molecule has 4 aromatic carbocycles. The quantitative estimate of drug-likeness (QED) is 0.181. The van der Waals surface area contributed by atoms with Gasteiger partial charge in [-0.15, -0.1) is 0 Å². The molecule has 0 saturated heterocycles. The molecule has 0 spiro atoms. The smallest absolute Gasteiger partial charge is 0.423 e. The number of hydrogen-bond donors (Lipinski definition) is 4. The Labute approximate surface area is 225 Å². The average Bonchev–Trinajstić information content (AvgIpc) is 3.51. The molecule has 0 aliphatic heterocycles. The molecule has 182 valence electrons. The van der Waals surface area contributed by atoms with Gasteiger partial charge in [-0.05, 0) is 51.3 Å². The molecular formula is C30H20BBrN4O2. The molecule has 8 rings (SSSR count). The molecule has 8 aromatic rings. The van der Waals surface area contributed by atoms with Crippen LogP contribution in [0, 0.1) is 0 Å². The van der Waals surface area contributed by atoms with E-state index in [9.17, 15) is 10.0 Å². The van der Waals surface area contributed by atoms with Gasteiger partial charge in [0.05, 0.1) is 23.4 Å². The van der Waals surface area contributed by atoms with Gasteiger partial charge in [-0.1, -0.05) is 64.5 Å². The molecule has 0 radical (unpaired) electrons. The Morgan fingerprint density at radius 1 is 0.579 bits per heavy atom. The Balaban J connectivity index is 0.000000128. The van der Waals surface area contributed by atoms with Gasteiger partial charge in [-0.3, -0.25) is 9.97 Å². The monoisotopic (exact) mass is 558 g/mol. The molecular weight excluding hydrogens is 539 g/mol. The summed E-state index contributed by atoms with van der Waals surface area (Å²) in [6.45, 7) is 0. The van der Waals surface area contributed by atoms with Gasteiger partial charge >= 0.3 is 7.12 Å². The number of H-pyrrole nitrogens is 2. The number of rotatable bonds is 1. The van der Waals surface area contributed by atoms with Crippen LogP contribution in [0.5, 0.6) is 0 Å². The number of nitrogens with zero attached hydrogens (tertiary/aromatic N) is 2. The van der Waals surface area contributed by atoms with Crippen molar-refractivity contribution < 1.29 is 10.0 Å². The summed E-state index contributed by atoms with van der Waals surface area (Å²) in [6.07, 6.45) is 7.25. The van der Waals surface area contributed by atoms with Crippen molar-refractivity contribution in [2.24, 2.45) is 0 Å². The van der Waals surface area contributed by atoms with Crippen LogP contribution < -0.4 is 5.46 Å². The van der Waals surface area contributed by atoms with E-state index in [1.807, 2.05) is 42.7 Å². The van der Waals surface area contributed by atoms with E-state index in [0.717, 1.165) is 48.1 Å². The van der Waals surface area contributed by atoms with E-state index in [0.29, 0.717) is 5.46 Å². The van der Waals surface area contributed by atoms with Crippen LogP contribution in [0.25, 0.3) is 65.2 Å². The van der Waals surface area contributed by atoms with E-state index in [2.05, 4.69) is 72.3 Å². The van der Waals surface area contributed by atoms with Crippen LogP contribution in [0.4, 0.5) is 0 Å². The van der Waals surface area contributed by atoms with Crippen molar-refractivity contribution >= 4 is 93.7 Å². The summed E-state index contributed by atoms with van der Waals surface area (Å²) in [4.78, 5) is 15.0. The van der Waals surface area contributed by atoms with E-state index >= 15 is 0 Å². The number of hydrogen-bond acceptors (Lipinski definition) is 4. The molecule has 0 atom stereocenters. The molecule has 0 amide bonds. The summed E-state index contributed by atoms with van der Waals surface area (Å²) in [5.41, 5.74) is 4.55. The Hall–Kier alpha value is -4.24. The third-order valence-electron chi connectivity index (χ3n) is 7.07. The second-order valence-corrected chi connectivity index (χ2v) is 10.1. The highest BCUT2D eigenvalue weighted by molar-refractivity contribution is 9.10. The summed E-state index contributed by atoms with van der Waals surface area (Å²) < 4.78 is 1.12. The fraction of sp³-hybridized carbons (Fsp3) is 0. The molecule has 0 unspecified atom stereocenters. The normalized spacial score (nSPS) is 11.6.